The number of hydrogen-bond donors (Lipinski definition) is 3. The minimum atomic E-state index is -0.141. The molecule has 0 spiro atoms. The normalized spacial score (nSPS) is 18.5. The Labute approximate surface area is 110 Å². The van der Waals surface area contributed by atoms with Crippen molar-refractivity contribution in [1.82, 2.24) is 15.6 Å². The van der Waals surface area contributed by atoms with Crippen molar-refractivity contribution in [3.05, 3.63) is 36.0 Å². The summed E-state index contributed by atoms with van der Waals surface area (Å²) in [5.41, 5.74) is 1.49. The summed E-state index contributed by atoms with van der Waals surface area (Å²) in [5, 5.41) is 6.68. The van der Waals surface area contributed by atoms with Crippen LogP contribution in [0.3, 0.4) is 0 Å². The average molecular weight is 257 g/mol. The first kappa shape index (κ1) is 11.8. The zero-order valence-corrected chi connectivity index (χ0v) is 10.4. The molecule has 0 saturated carbocycles. The van der Waals surface area contributed by atoms with Crippen molar-refractivity contribution < 1.29 is 9.59 Å². The van der Waals surface area contributed by atoms with Crippen LogP contribution in [-0.2, 0) is 4.79 Å². The van der Waals surface area contributed by atoms with E-state index in [4.69, 9.17) is 0 Å². The van der Waals surface area contributed by atoms with E-state index in [0.717, 1.165) is 17.3 Å². The van der Waals surface area contributed by atoms with Crippen LogP contribution >= 0.6 is 0 Å². The molecule has 3 rings (SSSR count). The number of amides is 2. The molecule has 19 heavy (non-hydrogen) atoms. The number of hydrogen-bond acceptors (Lipinski definition) is 2. The Morgan fingerprint density at radius 2 is 2.21 bits per heavy atom. The lowest BCUT2D eigenvalue weighted by Crippen LogP contribution is -2.38. The highest BCUT2D eigenvalue weighted by Gasteiger charge is 2.21. The molecule has 1 aliphatic rings. The SMILES string of the molecule is O=C1CCC(CNC(=O)c2cc3ccccc3[nH]2)N1. The lowest BCUT2D eigenvalue weighted by Gasteiger charge is -2.10. The molecular formula is C14H15N3O2. The van der Waals surface area contributed by atoms with E-state index in [1.165, 1.54) is 0 Å². The van der Waals surface area contributed by atoms with Crippen LogP contribution in [0.2, 0.25) is 0 Å². The molecule has 0 aliphatic carbocycles. The quantitative estimate of drug-likeness (QED) is 0.772. The molecule has 0 bridgehead atoms. The molecule has 98 valence electrons. The number of benzene rings is 1. The molecule has 5 heteroatoms. The van der Waals surface area contributed by atoms with Gasteiger partial charge in [-0.15, -0.1) is 0 Å². The smallest absolute Gasteiger partial charge is 0.267 e. The summed E-state index contributed by atoms with van der Waals surface area (Å²) in [5.74, 6) is -0.0813. The number of carbonyl (C=O) groups is 2. The number of H-pyrrole nitrogens is 1. The number of nitrogens with one attached hydrogen (secondary N) is 3. The van der Waals surface area contributed by atoms with Crippen LogP contribution in [0.25, 0.3) is 10.9 Å². The summed E-state index contributed by atoms with van der Waals surface area (Å²) in [6, 6.07) is 9.64. The van der Waals surface area contributed by atoms with E-state index in [9.17, 15) is 9.59 Å². The summed E-state index contributed by atoms with van der Waals surface area (Å²) in [4.78, 5) is 26.1. The van der Waals surface area contributed by atoms with Gasteiger partial charge in [-0.1, -0.05) is 18.2 Å². The van der Waals surface area contributed by atoms with E-state index < -0.39 is 0 Å². The molecule has 5 nitrogen and oxygen atoms in total. The Kier molecular flexibility index (Phi) is 2.95. The van der Waals surface area contributed by atoms with Crippen molar-refractivity contribution in [2.45, 2.75) is 18.9 Å². The highest BCUT2D eigenvalue weighted by atomic mass is 16.2. The van der Waals surface area contributed by atoms with Crippen molar-refractivity contribution in [3.63, 3.8) is 0 Å². The predicted octanol–water partition coefficient (Wildman–Crippen LogP) is 1.18. The first-order valence-corrected chi connectivity index (χ1v) is 6.38. The van der Waals surface area contributed by atoms with E-state index in [1.807, 2.05) is 30.3 Å². The van der Waals surface area contributed by atoms with Gasteiger partial charge < -0.3 is 15.6 Å². The zero-order valence-electron chi connectivity index (χ0n) is 10.4. The van der Waals surface area contributed by atoms with Crippen molar-refractivity contribution in [2.24, 2.45) is 0 Å². The second kappa shape index (κ2) is 4.76. The maximum absolute atomic E-state index is 12.0. The lowest BCUT2D eigenvalue weighted by atomic mass is 10.2. The summed E-state index contributed by atoms with van der Waals surface area (Å²) in [6.07, 6.45) is 1.33. The Bertz CT molecular complexity index is 599. The molecule has 1 unspecified atom stereocenters. The molecule has 2 heterocycles. The number of rotatable bonds is 3. The number of aromatic nitrogens is 1. The highest BCUT2D eigenvalue weighted by molar-refractivity contribution is 5.98. The fraction of sp³-hybridized carbons (Fsp3) is 0.286. The third-order valence-corrected chi connectivity index (χ3v) is 3.37. The molecular weight excluding hydrogens is 242 g/mol. The van der Waals surface area contributed by atoms with Gasteiger partial charge in [-0.3, -0.25) is 9.59 Å². The molecule has 1 aliphatic heterocycles. The van der Waals surface area contributed by atoms with Gasteiger partial charge in [0, 0.05) is 29.9 Å². The van der Waals surface area contributed by atoms with Crippen molar-refractivity contribution in [3.8, 4) is 0 Å². The third-order valence-electron chi connectivity index (χ3n) is 3.37. The first-order valence-electron chi connectivity index (χ1n) is 6.38. The van der Waals surface area contributed by atoms with Crippen LogP contribution in [0.4, 0.5) is 0 Å². The minimum Gasteiger partial charge on any atom is -0.352 e. The highest BCUT2D eigenvalue weighted by Crippen LogP contribution is 2.14. The van der Waals surface area contributed by atoms with Crippen molar-refractivity contribution >= 4 is 22.7 Å². The predicted molar refractivity (Wildman–Crippen MR) is 71.8 cm³/mol. The van der Waals surface area contributed by atoms with Crippen LogP contribution in [0, 0.1) is 0 Å². The fourth-order valence-electron chi connectivity index (χ4n) is 2.34. The Balaban J connectivity index is 1.65. The van der Waals surface area contributed by atoms with Crippen LogP contribution in [0.1, 0.15) is 23.3 Å². The summed E-state index contributed by atoms with van der Waals surface area (Å²) in [7, 11) is 0. The summed E-state index contributed by atoms with van der Waals surface area (Å²) >= 11 is 0. The monoisotopic (exact) mass is 257 g/mol. The molecule has 1 fully saturated rings. The van der Waals surface area contributed by atoms with Gasteiger partial charge in [0.1, 0.15) is 5.69 Å². The van der Waals surface area contributed by atoms with Gasteiger partial charge in [-0.25, -0.2) is 0 Å². The Morgan fingerprint density at radius 1 is 1.37 bits per heavy atom. The molecule has 0 radical (unpaired) electrons. The first-order chi connectivity index (χ1) is 9.22. The molecule has 1 aromatic carbocycles. The van der Waals surface area contributed by atoms with E-state index in [1.54, 1.807) is 0 Å². The van der Waals surface area contributed by atoms with E-state index >= 15 is 0 Å². The molecule has 2 aromatic rings. The van der Waals surface area contributed by atoms with Crippen molar-refractivity contribution in [2.75, 3.05) is 6.54 Å². The Hall–Kier alpha value is -2.30. The number of fused-ring (bicyclic) bond motifs is 1. The maximum Gasteiger partial charge on any atom is 0.267 e. The largest absolute Gasteiger partial charge is 0.352 e. The second-order valence-corrected chi connectivity index (χ2v) is 4.78. The average Bonchev–Trinajstić information content (AvgIpc) is 3.01. The van der Waals surface area contributed by atoms with Gasteiger partial charge in [-0.05, 0) is 18.6 Å². The minimum absolute atomic E-state index is 0.0563. The van der Waals surface area contributed by atoms with E-state index in [2.05, 4.69) is 15.6 Å². The topological polar surface area (TPSA) is 74.0 Å². The van der Waals surface area contributed by atoms with Gasteiger partial charge in [0.2, 0.25) is 5.91 Å². The van der Waals surface area contributed by atoms with Crippen LogP contribution in [-0.4, -0.2) is 29.4 Å². The summed E-state index contributed by atoms with van der Waals surface area (Å²) < 4.78 is 0. The maximum atomic E-state index is 12.0. The lowest BCUT2D eigenvalue weighted by molar-refractivity contribution is -0.119. The molecule has 1 saturated heterocycles. The number of para-hydroxylation sites is 1. The molecule has 1 aromatic heterocycles. The van der Waals surface area contributed by atoms with Gasteiger partial charge in [-0.2, -0.15) is 0 Å². The van der Waals surface area contributed by atoms with Gasteiger partial charge in [0.25, 0.3) is 5.91 Å². The van der Waals surface area contributed by atoms with Crippen LogP contribution in [0.15, 0.2) is 30.3 Å². The second-order valence-electron chi connectivity index (χ2n) is 4.78. The fourth-order valence-corrected chi connectivity index (χ4v) is 2.34. The van der Waals surface area contributed by atoms with E-state index in [-0.39, 0.29) is 17.9 Å². The van der Waals surface area contributed by atoms with E-state index in [0.29, 0.717) is 18.7 Å². The number of carbonyl (C=O) groups excluding carboxylic acids is 2. The van der Waals surface area contributed by atoms with Gasteiger partial charge >= 0.3 is 0 Å². The molecule has 1 atom stereocenters. The van der Waals surface area contributed by atoms with Crippen molar-refractivity contribution in [1.29, 1.82) is 0 Å². The standard InChI is InChI=1S/C14H15N3O2/c18-13-6-5-10(16-13)8-15-14(19)12-7-9-3-1-2-4-11(9)17-12/h1-4,7,10,17H,5-6,8H2,(H,15,19)(H,16,18). The van der Waals surface area contributed by atoms with Crippen LogP contribution < -0.4 is 10.6 Å². The van der Waals surface area contributed by atoms with Gasteiger partial charge in [0.15, 0.2) is 0 Å². The molecule has 3 N–H and O–H groups in total. The third kappa shape index (κ3) is 2.45. The zero-order chi connectivity index (χ0) is 13.2. The Morgan fingerprint density at radius 3 is 2.95 bits per heavy atom. The number of aromatic amines is 1. The van der Waals surface area contributed by atoms with Crippen LogP contribution in [0.5, 0.6) is 0 Å². The molecule has 2 amide bonds. The summed E-state index contributed by atoms with van der Waals surface area (Å²) in [6.45, 7) is 0.472. The van der Waals surface area contributed by atoms with Gasteiger partial charge in [0.05, 0.1) is 0 Å².